The van der Waals surface area contributed by atoms with Gasteiger partial charge in [-0.05, 0) is 39.7 Å². The van der Waals surface area contributed by atoms with Crippen LogP contribution in [0, 0.1) is 0 Å². The Bertz CT molecular complexity index is 156. The molecule has 0 heterocycles. The first-order valence-corrected chi connectivity index (χ1v) is 4.68. The van der Waals surface area contributed by atoms with Gasteiger partial charge in [0.2, 0.25) is 0 Å². The van der Waals surface area contributed by atoms with E-state index < -0.39 is 6.61 Å². The Morgan fingerprint density at radius 2 is 1.92 bits per heavy atom. The second kappa shape index (κ2) is 4.33. The third-order valence-corrected chi connectivity index (χ3v) is 2.94. The Morgan fingerprint density at radius 3 is 2.31 bits per heavy atom. The molecule has 0 unspecified atom stereocenters. The topological polar surface area (TPSA) is 21.3 Å². The van der Waals surface area contributed by atoms with E-state index in [-0.39, 0.29) is 11.6 Å². The van der Waals surface area contributed by atoms with Gasteiger partial charge >= 0.3 is 6.61 Å². The van der Waals surface area contributed by atoms with Gasteiger partial charge in [-0.15, -0.1) is 0 Å². The van der Waals surface area contributed by atoms with E-state index in [1.54, 1.807) is 0 Å². The summed E-state index contributed by atoms with van der Waals surface area (Å²) in [5, 5.41) is 3.21. The minimum absolute atomic E-state index is 0.113. The number of hydrogen-bond acceptors (Lipinski definition) is 2. The average molecular weight is 193 g/mol. The van der Waals surface area contributed by atoms with Crippen LogP contribution in [0.3, 0.4) is 0 Å². The molecule has 1 aliphatic rings. The van der Waals surface area contributed by atoms with Gasteiger partial charge in [-0.25, -0.2) is 0 Å². The maximum absolute atomic E-state index is 11.9. The molecule has 0 atom stereocenters. The molecule has 0 amide bonds. The first-order chi connectivity index (χ1) is 6.06. The van der Waals surface area contributed by atoms with E-state index in [4.69, 9.17) is 0 Å². The van der Waals surface area contributed by atoms with E-state index in [0.29, 0.717) is 0 Å². The summed E-state index contributed by atoms with van der Waals surface area (Å²) in [6.07, 6.45) is 3.01. The number of ether oxygens (including phenoxy) is 1. The highest BCUT2D eigenvalue weighted by Gasteiger charge is 2.30. The molecule has 1 saturated carbocycles. The van der Waals surface area contributed by atoms with Gasteiger partial charge in [0.1, 0.15) is 0 Å². The summed E-state index contributed by atoms with van der Waals surface area (Å²) in [6, 6.07) is 0. The molecule has 4 heteroatoms. The van der Waals surface area contributed by atoms with Crippen molar-refractivity contribution in [3.05, 3.63) is 0 Å². The van der Waals surface area contributed by atoms with Gasteiger partial charge in [-0.1, -0.05) is 0 Å². The third kappa shape index (κ3) is 3.19. The molecule has 0 saturated heterocycles. The molecule has 1 aliphatic carbocycles. The zero-order valence-electron chi connectivity index (χ0n) is 8.15. The molecule has 1 N–H and O–H groups in total. The van der Waals surface area contributed by atoms with E-state index in [1.807, 2.05) is 7.05 Å². The van der Waals surface area contributed by atoms with Crippen LogP contribution >= 0.6 is 0 Å². The van der Waals surface area contributed by atoms with Crippen molar-refractivity contribution in [3.8, 4) is 0 Å². The Kier molecular flexibility index (Phi) is 3.62. The molecular formula is C9H17F2NO. The average Bonchev–Trinajstić information content (AvgIpc) is 2.09. The number of alkyl halides is 2. The van der Waals surface area contributed by atoms with Crippen LogP contribution in [0.15, 0.2) is 0 Å². The van der Waals surface area contributed by atoms with E-state index >= 15 is 0 Å². The van der Waals surface area contributed by atoms with Crippen molar-refractivity contribution in [2.24, 2.45) is 0 Å². The fraction of sp³-hybridized carbons (Fsp3) is 1.00. The van der Waals surface area contributed by atoms with Crippen LogP contribution in [0.1, 0.15) is 32.6 Å². The molecule has 13 heavy (non-hydrogen) atoms. The molecule has 0 aromatic heterocycles. The lowest BCUT2D eigenvalue weighted by Gasteiger charge is -2.36. The Hall–Kier alpha value is -0.220. The monoisotopic (exact) mass is 193 g/mol. The molecule has 0 aromatic carbocycles. The quantitative estimate of drug-likeness (QED) is 0.741. The van der Waals surface area contributed by atoms with Gasteiger partial charge in [-0.3, -0.25) is 0 Å². The summed E-state index contributed by atoms with van der Waals surface area (Å²) in [5.41, 5.74) is 0.113. The Labute approximate surface area is 77.6 Å². The summed E-state index contributed by atoms with van der Waals surface area (Å²) in [4.78, 5) is 0. The molecule has 0 aromatic rings. The fourth-order valence-corrected chi connectivity index (χ4v) is 1.76. The molecule has 78 valence electrons. The molecule has 0 spiro atoms. The van der Waals surface area contributed by atoms with Gasteiger partial charge in [0, 0.05) is 5.54 Å². The van der Waals surface area contributed by atoms with Crippen LogP contribution in [-0.4, -0.2) is 25.3 Å². The van der Waals surface area contributed by atoms with Crippen LogP contribution in [0.5, 0.6) is 0 Å². The first-order valence-electron chi connectivity index (χ1n) is 4.68. The second-order valence-corrected chi connectivity index (χ2v) is 3.91. The van der Waals surface area contributed by atoms with Crippen molar-refractivity contribution in [1.82, 2.24) is 5.32 Å². The number of nitrogens with one attached hydrogen (secondary N) is 1. The predicted octanol–water partition coefficient (Wildman–Crippen LogP) is 2.15. The summed E-state index contributed by atoms with van der Waals surface area (Å²) in [7, 11) is 1.91. The summed E-state index contributed by atoms with van der Waals surface area (Å²) in [6.45, 7) is -0.505. The highest BCUT2D eigenvalue weighted by molar-refractivity contribution is 4.88. The van der Waals surface area contributed by atoms with Gasteiger partial charge < -0.3 is 10.1 Å². The molecule has 0 radical (unpaired) electrons. The smallest absolute Gasteiger partial charge is 0.320 e. The van der Waals surface area contributed by atoms with Gasteiger partial charge in [0.15, 0.2) is 0 Å². The van der Waals surface area contributed by atoms with Crippen LogP contribution in [-0.2, 0) is 4.74 Å². The zero-order chi connectivity index (χ0) is 9.90. The van der Waals surface area contributed by atoms with Crippen LogP contribution in [0.2, 0.25) is 0 Å². The zero-order valence-corrected chi connectivity index (χ0v) is 8.15. The molecular weight excluding hydrogens is 176 g/mol. The van der Waals surface area contributed by atoms with Gasteiger partial charge in [-0.2, -0.15) is 8.78 Å². The van der Waals surface area contributed by atoms with E-state index in [0.717, 1.165) is 25.7 Å². The molecule has 1 fully saturated rings. The fourth-order valence-electron chi connectivity index (χ4n) is 1.76. The molecule has 2 nitrogen and oxygen atoms in total. The normalized spacial score (nSPS) is 35.3. The number of hydrogen-bond donors (Lipinski definition) is 1. The highest BCUT2D eigenvalue weighted by Crippen LogP contribution is 2.29. The second-order valence-electron chi connectivity index (χ2n) is 3.91. The van der Waals surface area contributed by atoms with Crippen molar-refractivity contribution < 1.29 is 13.5 Å². The van der Waals surface area contributed by atoms with Crippen molar-refractivity contribution in [1.29, 1.82) is 0 Å². The first kappa shape index (κ1) is 10.9. The van der Waals surface area contributed by atoms with Crippen molar-refractivity contribution in [3.63, 3.8) is 0 Å². The standard InChI is InChI=1S/C9H17F2NO/c1-9(12-2)5-3-7(4-6-9)13-8(10)11/h7-8,12H,3-6H2,1-2H3. The largest absolute Gasteiger partial charge is 0.345 e. The summed E-state index contributed by atoms with van der Waals surface area (Å²) < 4.78 is 28.2. The molecule has 1 rings (SSSR count). The predicted molar refractivity (Wildman–Crippen MR) is 46.8 cm³/mol. The lowest BCUT2D eigenvalue weighted by Crippen LogP contribution is -2.44. The highest BCUT2D eigenvalue weighted by atomic mass is 19.3. The Balaban J connectivity index is 2.30. The maximum atomic E-state index is 11.9. The van der Waals surface area contributed by atoms with Crippen LogP contribution in [0.25, 0.3) is 0 Å². The van der Waals surface area contributed by atoms with Gasteiger partial charge in [0.05, 0.1) is 6.10 Å². The SMILES string of the molecule is CNC1(C)CCC(OC(F)F)CC1. The van der Waals surface area contributed by atoms with Crippen LogP contribution < -0.4 is 5.32 Å². The van der Waals surface area contributed by atoms with E-state index in [1.165, 1.54) is 0 Å². The summed E-state index contributed by atoms with van der Waals surface area (Å²) >= 11 is 0. The maximum Gasteiger partial charge on any atom is 0.345 e. The minimum Gasteiger partial charge on any atom is -0.320 e. The number of rotatable bonds is 3. The number of halogens is 2. The van der Waals surface area contributed by atoms with Crippen LogP contribution in [0.4, 0.5) is 8.78 Å². The van der Waals surface area contributed by atoms with E-state index in [9.17, 15) is 8.78 Å². The van der Waals surface area contributed by atoms with Crippen molar-refractivity contribution >= 4 is 0 Å². The molecule has 0 aliphatic heterocycles. The van der Waals surface area contributed by atoms with Gasteiger partial charge in [0.25, 0.3) is 0 Å². The lowest BCUT2D eigenvalue weighted by atomic mass is 9.82. The minimum atomic E-state index is -2.62. The molecule has 0 bridgehead atoms. The van der Waals surface area contributed by atoms with E-state index in [2.05, 4.69) is 17.0 Å². The van der Waals surface area contributed by atoms with Crippen molar-refractivity contribution in [2.45, 2.75) is 50.9 Å². The third-order valence-electron chi connectivity index (χ3n) is 2.94. The lowest BCUT2D eigenvalue weighted by molar-refractivity contribution is -0.172. The van der Waals surface area contributed by atoms with Crippen molar-refractivity contribution in [2.75, 3.05) is 7.05 Å². The Morgan fingerprint density at radius 1 is 1.38 bits per heavy atom. The summed E-state index contributed by atoms with van der Waals surface area (Å²) in [5.74, 6) is 0.